The maximum absolute atomic E-state index is 12.2. The Labute approximate surface area is 147 Å². The minimum Gasteiger partial charge on any atom is -0.392 e. The predicted molar refractivity (Wildman–Crippen MR) is 99.1 cm³/mol. The Kier molecular flexibility index (Phi) is 5.26. The molecule has 1 aromatic heterocycles. The van der Waals surface area contributed by atoms with Crippen molar-refractivity contribution in [2.45, 2.75) is 39.6 Å². The molecule has 0 aliphatic heterocycles. The first-order chi connectivity index (χ1) is 12.1. The lowest BCUT2D eigenvalue weighted by Crippen LogP contribution is -2.31. The molecule has 130 valence electrons. The van der Waals surface area contributed by atoms with Crippen LogP contribution in [0, 0.1) is 0 Å². The standard InChI is InChI=1S/C20H23N3O2/c1-14(2)23(11-15-7-9-16(13-24)10-8-15)12-19-21-18-6-4-3-5-17(18)20(25)22-19/h3-10,14,24H,11-13H2,1-2H3,(H,21,22,25). The van der Waals surface area contributed by atoms with E-state index in [0.29, 0.717) is 23.8 Å². The van der Waals surface area contributed by atoms with Gasteiger partial charge in [0.2, 0.25) is 0 Å². The first-order valence-corrected chi connectivity index (χ1v) is 8.47. The highest BCUT2D eigenvalue weighted by Crippen LogP contribution is 2.13. The quantitative estimate of drug-likeness (QED) is 0.726. The van der Waals surface area contributed by atoms with E-state index in [1.165, 1.54) is 0 Å². The van der Waals surface area contributed by atoms with Crippen LogP contribution in [0.15, 0.2) is 53.3 Å². The van der Waals surface area contributed by atoms with Crippen molar-refractivity contribution in [2.24, 2.45) is 0 Å². The number of fused-ring (bicyclic) bond motifs is 1. The molecule has 0 saturated carbocycles. The Morgan fingerprint density at radius 2 is 1.72 bits per heavy atom. The lowest BCUT2D eigenvalue weighted by molar-refractivity contribution is 0.198. The Morgan fingerprint density at radius 1 is 1.04 bits per heavy atom. The van der Waals surface area contributed by atoms with Crippen molar-refractivity contribution in [2.75, 3.05) is 0 Å². The van der Waals surface area contributed by atoms with Crippen LogP contribution < -0.4 is 5.56 Å². The molecule has 0 amide bonds. The van der Waals surface area contributed by atoms with Crippen LogP contribution in [0.5, 0.6) is 0 Å². The minimum atomic E-state index is -0.100. The number of benzene rings is 2. The molecule has 1 heterocycles. The molecule has 3 aromatic rings. The highest BCUT2D eigenvalue weighted by molar-refractivity contribution is 5.77. The zero-order chi connectivity index (χ0) is 17.8. The fourth-order valence-electron chi connectivity index (χ4n) is 2.81. The smallest absolute Gasteiger partial charge is 0.258 e. The number of hydrogen-bond acceptors (Lipinski definition) is 4. The fraction of sp³-hybridized carbons (Fsp3) is 0.300. The van der Waals surface area contributed by atoms with Crippen molar-refractivity contribution >= 4 is 10.9 Å². The number of aromatic nitrogens is 2. The summed E-state index contributed by atoms with van der Waals surface area (Å²) in [7, 11) is 0. The second-order valence-electron chi connectivity index (χ2n) is 6.50. The normalized spacial score (nSPS) is 11.6. The van der Waals surface area contributed by atoms with Crippen molar-refractivity contribution in [1.82, 2.24) is 14.9 Å². The van der Waals surface area contributed by atoms with Crippen LogP contribution in [0.3, 0.4) is 0 Å². The summed E-state index contributed by atoms with van der Waals surface area (Å²) in [6, 6.07) is 15.6. The van der Waals surface area contributed by atoms with E-state index in [1.54, 1.807) is 6.07 Å². The summed E-state index contributed by atoms with van der Waals surface area (Å²) in [5, 5.41) is 9.77. The van der Waals surface area contributed by atoms with E-state index in [1.807, 2.05) is 42.5 Å². The number of rotatable bonds is 6. The Hall–Kier alpha value is -2.50. The molecule has 0 spiro atoms. The van der Waals surface area contributed by atoms with Gasteiger partial charge >= 0.3 is 0 Å². The van der Waals surface area contributed by atoms with Gasteiger partial charge in [0.05, 0.1) is 24.1 Å². The van der Waals surface area contributed by atoms with E-state index in [-0.39, 0.29) is 12.2 Å². The van der Waals surface area contributed by atoms with Crippen LogP contribution >= 0.6 is 0 Å². The molecule has 0 saturated heterocycles. The van der Waals surface area contributed by atoms with Gasteiger partial charge < -0.3 is 10.1 Å². The van der Waals surface area contributed by atoms with E-state index in [4.69, 9.17) is 5.11 Å². The van der Waals surface area contributed by atoms with Crippen molar-refractivity contribution in [3.05, 3.63) is 75.8 Å². The van der Waals surface area contributed by atoms with Crippen LogP contribution in [0.2, 0.25) is 0 Å². The fourth-order valence-corrected chi connectivity index (χ4v) is 2.81. The zero-order valence-electron chi connectivity index (χ0n) is 14.6. The van der Waals surface area contributed by atoms with Gasteiger partial charge in [-0.3, -0.25) is 9.69 Å². The highest BCUT2D eigenvalue weighted by Gasteiger charge is 2.13. The van der Waals surface area contributed by atoms with Crippen LogP contribution in [0.25, 0.3) is 10.9 Å². The summed E-state index contributed by atoms with van der Waals surface area (Å²) in [5.41, 5.74) is 2.68. The van der Waals surface area contributed by atoms with Crippen molar-refractivity contribution in [3.63, 3.8) is 0 Å². The van der Waals surface area contributed by atoms with Gasteiger partial charge in [0, 0.05) is 12.6 Å². The molecule has 25 heavy (non-hydrogen) atoms. The summed E-state index contributed by atoms with van der Waals surface area (Å²) in [4.78, 5) is 22.0. The number of aromatic amines is 1. The van der Waals surface area contributed by atoms with Crippen LogP contribution in [-0.2, 0) is 19.7 Å². The zero-order valence-corrected chi connectivity index (χ0v) is 14.6. The molecule has 0 bridgehead atoms. The minimum absolute atomic E-state index is 0.0520. The summed E-state index contributed by atoms with van der Waals surface area (Å²) < 4.78 is 0. The van der Waals surface area contributed by atoms with E-state index in [9.17, 15) is 4.79 Å². The summed E-state index contributed by atoms with van der Waals surface area (Å²) in [6.07, 6.45) is 0. The largest absolute Gasteiger partial charge is 0.392 e. The first kappa shape index (κ1) is 17.3. The summed E-state index contributed by atoms with van der Waals surface area (Å²) in [6.45, 7) is 5.62. The van der Waals surface area contributed by atoms with E-state index >= 15 is 0 Å². The monoisotopic (exact) mass is 337 g/mol. The first-order valence-electron chi connectivity index (χ1n) is 8.47. The average Bonchev–Trinajstić information content (AvgIpc) is 2.62. The van der Waals surface area contributed by atoms with E-state index in [2.05, 4.69) is 28.7 Å². The van der Waals surface area contributed by atoms with Crippen molar-refractivity contribution in [1.29, 1.82) is 0 Å². The number of H-pyrrole nitrogens is 1. The molecule has 0 aliphatic carbocycles. The molecular formula is C20H23N3O2. The molecule has 5 heteroatoms. The van der Waals surface area contributed by atoms with Crippen molar-refractivity contribution in [3.8, 4) is 0 Å². The van der Waals surface area contributed by atoms with Gasteiger partial charge in [-0.05, 0) is 37.1 Å². The van der Waals surface area contributed by atoms with Crippen LogP contribution in [0.4, 0.5) is 0 Å². The van der Waals surface area contributed by atoms with E-state index < -0.39 is 0 Å². The molecule has 3 rings (SSSR count). The van der Waals surface area contributed by atoms with Crippen LogP contribution in [0.1, 0.15) is 30.8 Å². The number of para-hydroxylation sites is 1. The lowest BCUT2D eigenvalue weighted by atomic mass is 10.1. The topological polar surface area (TPSA) is 69.2 Å². The highest BCUT2D eigenvalue weighted by atomic mass is 16.3. The second-order valence-corrected chi connectivity index (χ2v) is 6.50. The number of aliphatic hydroxyl groups excluding tert-OH is 1. The van der Waals surface area contributed by atoms with Gasteiger partial charge in [0.1, 0.15) is 5.82 Å². The molecule has 2 aromatic carbocycles. The van der Waals surface area contributed by atoms with Gasteiger partial charge in [-0.2, -0.15) is 0 Å². The molecule has 5 nitrogen and oxygen atoms in total. The molecule has 0 aliphatic rings. The Morgan fingerprint density at radius 3 is 2.40 bits per heavy atom. The molecule has 0 unspecified atom stereocenters. The molecular weight excluding hydrogens is 314 g/mol. The van der Waals surface area contributed by atoms with Gasteiger partial charge in [0.15, 0.2) is 0 Å². The molecule has 2 N–H and O–H groups in total. The lowest BCUT2D eigenvalue weighted by Gasteiger charge is -2.26. The summed E-state index contributed by atoms with van der Waals surface area (Å²) in [5.74, 6) is 0.671. The number of nitrogens with zero attached hydrogens (tertiary/aromatic N) is 2. The third kappa shape index (κ3) is 4.13. The van der Waals surface area contributed by atoms with Gasteiger partial charge in [-0.15, -0.1) is 0 Å². The van der Waals surface area contributed by atoms with Crippen molar-refractivity contribution < 1.29 is 5.11 Å². The van der Waals surface area contributed by atoms with Gasteiger partial charge in [-0.1, -0.05) is 36.4 Å². The van der Waals surface area contributed by atoms with E-state index in [0.717, 1.165) is 23.2 Å². The Balaban J connectivity index is 1.83. The Bertz CT molecular complexity index is 901. The second kappa shape index (κ2) is 7.59. The van der Waals surface area contributed by atoms with Crippen LogP contribution in [-0.4, -0.2) is 26.0 Å². The third-order valence-corrected chi connectivity index (χ3v) is 4.34. The average molecular weight is 337 g/mol. The SMILES string of the molecule is CC(C)N(Cc1ccc(CO)cc1)Cc1nc2ccccc2c(=O)[nH]1. The van der Waals surface area contributed by atoms with Gasteiger partial charge in [0.25, 0.3) is 5.56 Å². The molecule has 0 atom stereocenters. The maximum atomic E-state index is 12.2. The number of hydrogen-bond donors (Lipinski definition) is 2. The molecule has 0 fully saturated rings. The summed E-state index contributed by atoms with van der Waals surface area (Å²) >= 11 is 0. The maximum Gasteiger partial charge on any atom is 0.258 e. The third-order valence-electron chi connectivity index (χ3n) is 4.34. The predicted octanol–water partition coefficient (Wildman–Crippen LogP) is 2.83. The van der Waals surface area contributed by atoms with Gasteiger partial charge in [-0.25, -0.2) is 4.98 Å². The molecule has 0 radical (unpaired) electrons. The number of aliphatic hydroxyl groups is 1. The number of nitrogens with one attached hydrogen (secondary N) is 1.